The fourth-order valence-electron chi connectivity index (χ4n) is 2.17. The van der Waals surface area contributed by atoms with E-state index in [0.29, 0.717) is 17.6 Å². The SMILES string of the molecule is CCN(Cc1ccccc1)c1nncc(Nc2cc(C)on2)n1. The van der Waals surface area contributed by atoms with E-state index >= 15 is 0 Å². The van der Waals surface area contributed by atoms with E-state index in [4.69, 9.17) is 4.52 Å². The highest BCUT2D eigenvalue weighted by Crippen LogP contribution is 2.16. The van der Waals surface area contributed by atoms with Crippen LogP contribution in [-0.4, -0.2) is 26.9 Å². The van der Waals surface area contributed by atoms with Crippen molar-refractivity contribution >= 4 is 17.6 Å². The first kappa shape index (κ1) is 15.0. The Morgan fingerprint density at radius 2 is 2.00 bits per heavy atom. The number of nitrogens with one attached hydrogen (secondary N) is 1. The van der Waals surface area contributed by atoms with E-state index in [1.165, 1.54) is 5.56 Å². The molecule has 0 fully saturated rings. The molecule has 1 N–H and O–H groups in total. The Kier molecular flexibility index (Phi) is 4.46. The summed E-state index contributed by atoms with van der Waals surface area (Å²) in [4.78, 5) is 6.56. The minimum Gasteiger partial charge on any atom is -0.360 e. The van der Waals surface area contributed by atoms with Crippen LogP contribution in [0.3, 0.4) is 0 Å². The predicted molar refractivity (Wildman–Crippen MR) is 87.5 cm³/mol. The van der Waals surface area contributed by atoms with E-state index in [1.54, 1.807) is 12.3 Å². The number of aromatic nitrogens is 4. The summed E-state index contributed by atoms with van der Waals surface area (Å²) < 4.78 is 5.03. The number of anilines is 3. The Hall–Kier alpha value is -2.96. The summed E-state index contributed by atoms with van der Waals surface area (Å²) in [5.74, 6) is 2.48. The third-order valence-electron chi connectivity index (χ3n) is 3.31. The van der Waals surface area contributed by atoms with Crippen molar-refractivity contribution in [1.29, 1.82) is 0 Å². The summed E-state index contributed by atoms with van der Waals surface area (Å²) in [5, 5.41) is 15.1. The van der Waals surface area contributed by atoms with Gasteiger partial charge >= 0.3 is 0 Å². The number of aryl methyl sites for hydroxylation is 1. The van der Waals surface area contributed by atoms with Gasteiger partial charge in [0.25, 0.3) is 0 Å². The van der Waals surface area contributed by atoms with E-state index in [0.717, 1.165) is 18.8 Å². The summed E-state index contributed by atoms with van der Waals surface area (Å²) >= 11 is 0. The molecule has 3 rings (SSSR count). The van der Waals surface area contributed by atoms with Gasteiger partial charge in [-0.1, -0.05) is 35.5 Å². The van der Waals surface area contributed by atoms with Crippen molar-refractivity contribution in [3.63, 3.8) is 0 Å². The van der Waals surface area contributed by atoms with Gasteiger partial charge in [0.2, 0.25) is 5.95 Å². The molecule has 0 bridgehead atoms. The Morgan fingerprint density at radius 3 is 2.70 bits per heavy atom. The van der Waals surface area contributed by atoms with Crippen molar-refractivity contribution in [2.24, 2.45) is 0 Å². The van der Waals surface area contributed by atoms with Gasteiger partial charge in [-0.2, -0.15) is 10.1 Å². The van der Waals surface area contributed by atoms with Crippen molar-refractivity contribution in [3.8, 4) is 0 Å². The minimum absolute atomic E-state index is 0.571. The molecule has 0 atom stereocenters. The fourth-order valence-corrected chi connectivity index (χ4v) is 2.17. The summed E-state index contributed by atoms with van der Waals surface area (Å²) in [6.45, 7) is 5.41. The second-order valence-corrected chi connectivity index (χ2v) is 5.09. The molecule has 23 heavy (non-hydrogen) atoms. The molecule has 118 valence electrons. The maximum Gasteiger partial charge on any atom is 0.247 e. The fraction of sp³-hybridized carbons (Fsp3) is 0.250. The quantitative estimate of drug-likeness (QED) is 0.749. The van der Waals surface area contributed by atoms with Gasteiger partial charge in [-0.3, -0.25) is 0 Å². The third kappa shape index (κ3) is 3.82. The first-order chi connectivity index (χ1) is 11.2. The lowest BCUT2D eigenvalue weighted by molar-refractivity contribution is 0.400. The standard InChI is InChI=1S/C16H18N6O/c1-3-22(11-13-7-5-4-6-8-13)16-19-15(10-17-20-16)18-14-9-12(2)23-21-14/h4-10H,3,11H2,1-2H3,(H,18,19,20,21). The van der Waals surface area contributed by atoms with Crippen LogP contribution in [0.2, 0.25) is 0 Å². The molecule has 0 aliphatic rings. The largest absolute Gasteiger partial charge is 0.360 e. The molecule has 2 heterocycles. The van der Waals surface area contributed by atoms with Crippen LogP contribution in [0.1, 0.15) is 18.2 Å². The molecular weight excluding hydrogens is 292 g/mol. The number of hydrogen-bond acceptors (Lipinski definition) is 7. The molecule has 0 aliphatic heterocycles. The second kappa shape index (κ2) is 6.87. The number of rotatable bonds is 6. The van der Waals surface area contributed by atoms with Gasteiger partial charge in [0.1, 0.15) is 5.76 Å². The second-order valence-electron chi connectivity index (χ2n) is 5.09. The molecule has 0 spiro atoms. The molecule has 7 heteroatoms. The lowest BCUT2D eigenvalue weighted by Gasteiger charge is -2.20. The lowest BCUT2D eigenvalue weighted by Crippen LogP contribution is -2.24. The van der Waals surface area contributed by atoms with E-state index < -0.39 is 0 Å². The van der Waals surface area contributed by atoms with Crippen LogP contribution in [0, 0.1) is 6.92 Å². The average molecular weight is 310 g/mol. The maximum atomic E-state index is 5.03. The van der Waals surface area contributed by atoms with Gasteiger partial charge in [0.05, 0.1) is 6.20 Å². The van der Waals surface area contributed by atoms with Gasteiger partial charge in [0.15, 0.2) is 11.6 Å². The lowest BCUT2D eigenvalue weighted by atomic mass is 10.2. The molecule has 0 unspecified atom stereocenters. The monoisotopic (exact) mass is 310 g/mol. The van der Waals surface area contributed by atoms with Gasteiger partial charge in [-0.25, -0.2) is 0 Å². The molecule has 0 saturated carbocycles. The normalized spacial score (nSPS) is 10.5. The summed E-state index contributed by atoms with van der Waals surface area (Å²) in [6, 6.07) is 12.0. The van der Waals surface area contributed by atoms with E-state index in [-0.39, 0.29) is 0 Å². The van der Waals surface area contributed by atoms with E-state index in [2.05, 4.69) is 49.6 Å². The molecular formula is C16H18N6O. The Morgan fingerprint density at radius 1 is 1.17 bits per heavy atom. The van der Waals surface area contributed by atoms with Crippen LogP contribution < -0.4 is 10.2 Å². The molecule has 0 radical (unpaired) electrons. The number of nitrogens with zero attached hydrogens (tertiary/aromatic N) is 5. The summed E-state index contributed by atoms with van der Waals surface area (Å²) in [6.07, 6.45) is 1.56. The van der Waals surface area contributed by atoms with Crippen molar-refractivity contribution < 1.29 is 4.52 Å². The zero-order valence-electron chi connectivity index (χ0n) is 13.1. The van der Waals surface area contributed by atoms with Gasteiger partial charge in [-0.15, -0.1) is 5.10 Å². The predicted octanol–water partition coefficient (Wildman–Crippen LogP) is 2.94. The Labute approximate surface area is 134 Å². The van der Waals surface area contributed by atoms with Crippen LogP contribution >= 0.6 is 0 Å². The first-order valence-electron chi connectivity index (χ1n) is 7.43. The highest BCUT2D eigenvalue weighted by atomic mass is 16.5. The summed E-state index contributed by atoms with van der Waals surface area (Å²) in [7, 11) is 0. The molecule has 0 saturated heterocycles. The zero-order valence-corrected chi connectivity index (χ0v) is 13.1. The van der Waals surface area contributed by atoms with E-state index in [1.807, 2.05) is 25.1 Å². The van der Waals surface area contributed by atoms with Gasteiger partial charge < -0.3 is 14.7 Å². The topological polar surface area (TPSA) is 80.0 Å². The Bertz CT molecular complexity index is 758. The van der Waals surface area contributed by atoms with Crippen LogP contribution in [0.25, 0.3) is 0 Å². The summed E-state index contributed by atoms with van der Waals surface area (Å²) in [5.41, 5.74) is 1.20. The minimum atomic E-state index is 0.571. The van der Waals surface area contributed by atoms with Crippen molar-refractivity contribution in [3.05, 3.63) is 53.9 Å². The Balaban J connectivity index is 1.77. The van der Waals surface area contributed by atoms with E-state index in [9.17, 15) is 0 Å². The highest BCUT2D eigenvalue weighted by Gasteiger charge is 2.11. The van der Waals surface area contributed by atoms with Crippen molar-refractivity contribution in [2.75, 3.05) is 16.8 Å². The average Bonchev–Trinajstić information content (AvgIpc) is 2.99. The number of hydrogen-bond donors (Lipinski definition) is 1. The highest BCUT2D eigenvalue weighted by molar-refractivity contribution is 5.51. The molecule has 0 amide bonds. The molecule has 7 nitrogen and oxygen atoms in total. The third-order valence-corrected chi connectivity index (χ3v) is 3.31. The molecule has 3 aromatic rings. The molecule has 2 aromatic heterocycles. The van der Waals surface area contributed by atoms with Gasteiger partial charge in [-0.05, 0) is 19.4 Å². The smallest absolute Gasteiger partial charge is 0.247 e. The van der Waals surface area contributed by atoms with Crippen LogP contribution in [0.4, 0.5) is 17.6 Å². The molecule has 0 aliphatic carbocycles. The van der Waals surface area contributed by atoms with Gasteiger partial charge in [0, 0.05) is 19.2 Å². The van der Waals surface area contributed by atoms with Crippen molar-refractivity contribution in [1.82, 2.24) is 20.3 Å². The van der Waals surface area contributed by atoms with Crippen LogP contribution in [0.15, 0.2) is 47.1 Å². The molecule has 1 aromatic carbocycles. The van der Waals surface area contributed by atoms with Crippen molar-refractivity contribution in [2.45, 2.75) is 20.4 Å². The number of benzene rings is 1. The van der Waals surface area contributed by atoms with Crippen LogP contribution in [-0.2, 0) is 6.54 Å². The maximum absolute atomic E-state index is 5.03. The first-order valence-corrected chi connectivity index (χ1v) is 7.43. The van der Waals surface area contributed by atoms with Crippen LogP contribution in [0.5, 0.6) is 0 Å². The zero-order chi connectivity index (χ0) is 16.1.